The largest absolute Gasteiger partial charge is 0.290 e. The van der Waals surface area contributed by atoms with Crippen LogP contribution in [0.4, 0.5) is 0 Å². The fourth-order valence-corrected chi connectivity index (χ4v) is 2.09. The maximum absolute atomic E-state index is 11.3. The quantitative estimate of drug-likeness (QED) is 0.590. The average molecular weight is 174 g/mol. The molecule has 0 bridgehead atoms. The molecule has 1 aliphatic rings. The molecule has 0 spiro atoms. The molecule has 1 nitrogen and oxygen atoms in total. The summed E-state index contributed by atoms with van der Waals surface area (Å²) in [6, 6.07) is 7.41. The lowest BCUT2D eigenvalue weighted by molar-refractivity contribution is 0.591. The molecular formula is C12H14O. The van der Waals surface area contributed by atoms with Crippen LogP contribution in [0.15, 0.2) is 29.1 Å². The van der Waals surface area contributed by atoms with Gasteiger partial charge in [-0.2, -0.15) is 0 Å². The number of hydrogen-bond acceptors (Lipinski definition) is 1. The Morgan fingerprint density at radius 3 is 3.08 bits per heavy atom. The van der Waals surface area contributed by atoms with Gasteiger partial charge in [-0.15, -0.1) is 0 Å². The summed E-state index contributed by atoms with van der Waals surface area (Å²) in [4.78, 5) is 11.3. The summed E-state index contributed by atoms with van der Waals surface area (Å²) < 4.78 is 0. The fraction of sp³-hybridized carbons (Fsp3) is 0.417. The molecule has 0 N–H and O–H groups in total. The van der Waals surface area contributed by atoms with Gasteiger partial charge in [0, 0.05) is 0 Å². The smallest absolute Gasteiger partial charge is 0.178 e. The van der Waals surface area contributed by atoms with Crippen LogP contribution in [0.3, 0.4) is 0 Å². The van der Waals surface area contributed by atoms with Gasteiger partial charge in [0.25, 0.3) is 0 Å². The third kappa shape index (κ3) is 1.64. The van der Waals surface area contributed by atoms with E-state index < -0.39 is 0 Å². The van der Waals surface area contributed by atoms with Crippen molar-refractivity contribution in [3.63, 3.8) is 0 Å². The topological polar surface area (TPSA) is 17.1 Å². The Hall–Kier alpha value is -1.11. The van der Waals surface area contributed by atoms with Gasteiger partial charge in [0.05, 0.1) is 0 Å². The highest BCUT2D eigenvalue weighted by atomic mass is 16.1. The second kappa shape index (κ2) is 3.33. The van der Waals surface area contributed by atoms with Gasteiger partial charge in [0.2, 0.25) is 0 Å². The number of hydrogen-bond donors (Lipinski definition) is 0. The molecule has 2 rings (SSSR count). The van der Waals surface area contributed by atoms with Crippen LogP contribution in [0.2, 0.25) is 0 Å². The van der Waals surface area contributed by atoms with Gasteiger partial charge in [0.15, 0.2) is 5.43 Å². The molecule has 0 fully saturated rings. The van der Waals surface area contributed by atoms with E-state index in [1.165, 1.54) is 24.0 Å². The van der Waals surface area contributed by atoms with Gasteiger partial charge in [-0.3, -0.25) is 4.79 Å². The highest BCUT2D eigenvalue weighted by molar-refractivity contribution is 5.30. The zero-order valence-corrected chi connectivity index (χ0v) is 7.92. The summed E-state index contributed by atoms with van der Waals surface area (Å²) in [7, 11) is 0. The summed E-state index contributed by atoms with van der Waals surface area (Å²) in [6.45, 7) is 2.21. The summed E-state index contributed by atoms with van der Waals surface area (Å²) in [5.74, 6) is 0.559. The van der Waals surface area contributed by atoms with Crippen LogP contribution in [0.25, 0.3) is 0 Å². The fourth-order valence-electron chi connectivity index (χ4n) is 2.09. The van der Waals surface area contributed by atoms with E-state index in [9.17, 15) is 4.79 Å². The van der Waals surface area contributed by atoms with Gasteiger partial charge in [-0.05, 0) is 48.4 Å². The van der Waals surface area contributed by atoms with Crippen molar-refractivity contribution in [1.82, 2.24) is 0 Å². The van der Waals surface area contributed by atoms with Gasteiger partial charge in [-0.1, -0.05) is 19.1 Å². The van der Waals surface area contributed by atoms with Crippen LogP contribution in [-0.4, -0.2) is 0 Å². The summed E-state index contributed by atoms with van der Waals surface area (Å²) in [5.41, 5.74) is 2.76. The van der Waals surface area contributed by atoms with Gasteiger partial charge in [0.1, 0.15) is 0 Å². The van der Waals surface area contributed by atoms with Gasteiger partial charge >= 0.3 is 0 Å². The minimum Gasteiger partial charge on any atom is -0.290 e. The third-order valence-corrected chi connectivity index (χ3v) is 2.84. The van der Waals surface area contributed by atoms with Crippen LogP contribution < -0.4 is 5.43 Å². The van der Waals surface area contributed by atoms with Gasteiger partial charge in [-0.25, -0.2) is 0 Å². The second-order valence-corrected chi connectivity index (χ2v) is 3.85. The van der Waals surface area contributed by atoms with Crippen molar-refractivity contribution in [2.75, 3.05) is 0 Å². The van der Waals surface area contributed by atoms with E-state index in [2.05, 4.69) is 13.0 Å². The standard InChI is InChI=1S/C12H14O/c1-9-4-2-5-10-6-3-7-11(13)8-12(9)10/h3,6-9H,2,4-5H2,1H3. The first-order valence-electron chi connectivity index (χ1n) is 4.90. The van der Waals surface area contributed by atoms with Crippen LogP contribution in [0.5, 0.6) is 0 Å². The van der Waals surface area contributed by atoms with Gasteiger partial charge < -0.3 is 0 Å². The predicted molar refractivity (Wildman–Crippen MR) is 54.1 cm³/mol. The van der Waals surface area contributed by atoms with Crippen molar-refractivity contribution in [2.24, 2.45) is 0 Å². The Morgan fingerprint density at radius 2 is 2.23 bits per heavy atom. The monoisotopic (exact) mass is 174 g/mol. The van der Waals surface area contributed by atoms with Crippen molar-refractivity contribution in [1.29, 1.82) is 0 Å². The zero-order chi connectivity index (χ0) is 9.26. The van der Waals surface area contributed by atoms with Crippen LogP contribution >= 0.6 is 0 Å². The maximum atomic E-state index is 11.3. The van der Waals surface area contributed by atoms with E-state index in [1.807, 2.05) is 6.07 Å². The molecule has 13 heavy (non-hydrogen) atoms. The number of rotatable bonds is 0. The van der Waals surface area contributed by atoms with E-state index in [4.69, 9.17) is 0 Å². The SMILES string of the molecule is CC1CCCc2cccc(=O)cc21. The van der Waals surface area contributed by atoms with Crippen LogP contribution in [0.1, 0.15) is 36.8 Å². The highest BCUT2D eigenvalue weighted by Crippen LogP contribution is 2.29. The first kappa shape index (κ1) is 8.49. The van der Waals surface area contributed by atoms with Crippen molar-refractivity contribution in [3.8, 4) is 0 Å². The molecule has 0 amide bonds. The third-order valence-electron chi connectivity index (χ3n) is 2.84. The van der Waals surface area contributed by atoms with E-state index >= 15 is 0 Å². The Morgan fingerprint density at radius 1 is 1.38 bits per heavy atom. The van der Waals surface area contributed by atoms with Crippen LogP contribution in [0, 0.1) is 0 Å². The first-order valence-corrected chi connectivity index (χ1v) is 4.90. The molecule has 68 valence electrons. The van der Waals surface area contributed by atoms with E-state index in [1.54, 1.807) is 12.1 Å². The normalized spacial score (nSPS) is 20.8. The molecule has 1 unspecified atom stereocenters. The maximum Gasteiger partial charge on any atom is 0.178 e. The summed E-state index contributed by atoms with van der Waals surface area (Å²) in [5, 5.41) is 0. The molecule has 1 heteroatoms. The van der Waals surface area contributed by atoms with E-state index in [-0.39, 0.29) is 5.43 Å². The molecule has 0 aromatic heterocycles. The molecule has 0 saturated heterocycles. The lowest BCUT2D eigenvalue weighted by Gasteiger charge is -2.19. The van der Waals surface area contributed by atoms with Crippen molar-refractivity contribution in [3.05, 3.63) is 45.6 Å². The average Bonchev–Trinajstić information content (AvgIpc) is 2.28. The number of fused-ring (bicyclic) bond motifs is 1. The molecule has 1 aromatic rings. The summed E-state index contributed by atoms with van der Waals surface area (Å²) >= 11 is 0. The molecule has 0 aliphatic heterocycles. The minimum atomic E-state index is 0.134. The molecule has 1 aromatic carbocycles. The Labute approximate surface area is 78.4 Å². The lowest BCUT2D eigenvalue weighted by atomic mass is 9.85. The van der Waals surface area contributed by atoms with E-state index in [0.717, 1.165) is 6.42 Å². The first-order chi connectivity index (χ1) is 6.27. The Kier molecular flexibility index (Phi) is 2.17. The molecule has 0 radical (unpaired) electrons. The highest BCUT2D eigenvalue weighted by Gasteiger charge is 2.14. The zero-order valence-electron chi connectivity index (χ0n) is 7.92. The second-order valence-electron chi connectivity index (χ2n) is 3.85. The van der Waals surface area contributed by atoms with Crippen molar-refractivity contribution < 1.29 is 0 Å². The molecular weight excluding hydrogens is 160 g/mol. The Balaban J connectivity index is 2.62. The van der Waals surface area contributed by atoms with Crippen molar-refractivity contribution in [2.45, 2.75) is 32.1 Å². The minimum absolute atomic E-state index is 0.134. The lowest BCUT2D eigenvalue weighted by Crippen LogP contribution is -2.07. The number of aryl methyl sites for hydroxylation is 1. The molecule has 1 aliphatic carbocycles. The summed E-state index contributed by atoms with van der Waals surface area (Å²) in [6.07, 6.45) is 3.61. The molecule has 0 saturated carbocycles. The van der Waals surface area contributed by atoms with E-state index in [0.29, 0.717) is 5.92 Å². The molecule has 1 atom stereocenters. The predicted octanol–water partition coefficient (Wildman–Crippen LogP) is 2.49. The Bertz CT molecular complexity index is 368. The molecule has 0 heterocycles. The van der Waals surface area contributed by atoms with Crippen molar-refractivity contribution >= 4 is 0 Å². The van der Waals surface area contributed by atoms with Crippen LogP contribution in [-0.2, 0) is 6.42 Å².